The third-order valence-corrected chi connectivity index (χ3v) is 6.68. The summed E-state index contributed by atoms with van der Waals surface area (Å²) in [5.41, 5.74) is 6.37. The van der Waals surface area contributed by atoms with Crippen molar-refractivity contribution in [3.05, 3.63) is 85.8 Å². The molecule has 0 aliphatic rings. The first-order valence-corrected chi connectivity index (χ1v) is 13.0. The zero-order chi connectivity index (χ0) is 27.7. The fraction of sp³-hybridized carbons (Fsp3) is 0.185. The van der Waals surface area contributed by atoms with Crippen LogP contribution in [0.3, 0.4) is 0 Å². The van der Waals surface area contributed by atoms with E-state index in [1.54, 1.807) is 18.2 Å². The van der Waals surface area contributed by atoms with Gasteiger partial charge in [0.1, 0.15) is 0 Å². The summed E-state index contributed by atoms with van der Waals surface area (Å²) in [5.74, 6) is -1.37. The van der Waals surface area contributed by atoms with Crippen LogP contribution in [0.5, 0.6) is 11.5 Å². The first-order chi connectivity index (χ1) is 18.2. The molecule has 0 unspecified atom stereocenters. The summed E-state index contributed by atoms with van der Waals surface area (Å²) < 4.78 is 12.5. The van der Waals surface area contributed by atoms with Crippen LogP contribution in [0.2, 0.25) is 0 Å². The van der Waals surface area contributed by atoms with E-state index < -0.39 is 11.8 Å². The zero-order valence-corrected chi connectivity index (χ0v) is 24.1. The monoisotopic (exact) mass is 644 g/mol. The first kappa shape index (κ1) is 28.9. The molecule has 0 spiro atoms. The Morgan fingerprint density at radius 2 is 1.68 bits per heavy atom. The van der Waals surface area contributed by atoms with Crippen LogP contribution in [0, 0.1) is 13.8 Å². The third-order valence-electron chi connectivity index (χ3n) is 5.20. The van der Waals surface area contributed by atoms with E-state index in [9.17, 15) is 14.4 Å². The van der Waals surface area contributed by atoms with Crippen molar-refractivity contribution in [2.45, 2.75) is 20.4 Å². The molecule has 0 aromatic heterocycles. The Kier molecular flexibility index (Phi) is 10.4. The van der Waals surface area contributed by atoms with Gasteiger partial charge < -0.3 is 20.1 Å². The molecule has 9 nitrogen and oxygen atoms in total. The number of aryl methyl sites for hydroxylation is 2. The molecular weight excluding hydrogens is 620 g/mol. The van der Waals surface area contributed by atoms with Gasteiger partial charge in [-0.1, -0.05) is 45.8 Å². The van der Waals surface area contributed by atoms with Crippen LogP contribution in [0.15, 0.2) is 68.6 Å². The Labute approximate surface area is 237 Å². The van der Waals surface area contributed by atoms with E-state index in [-0.39, 0.29) is 19.1 Å². The van der Waals surface area contributed by atoms with Crippen molar-refractivity contribution >= 4 is 61.5 Å². The number of nitrogens with one attached hydrogen (secondary N) is 3. The van der Waals surface area contributed by atoms with E-state index in [1.165, 1.54) is 13.3 Å². The van der Waals surface area contributed by atoms with Crippen LogP contribution < -0.4 is 25.5 Å². The standard InChI is InChI=1S/C27H26Br2N4O5/c1-16-4-6-18(7-5-16)13-30-26(35)27(36)33-31-14-19-11-22(29)25(23(12-19)37-3)38-15-24(34)32-20-8-9-21(28)17(2)10-20/h4-12,14H,13,15H2,1-3H3,(H,30,35)(H,32,34)(H,33,36)/b31-14-. The molecule has 198 valence electrons. The maximum atomic E-state index is 12.4. The summed E-state index contributed by atoms with van der Waals surface area (Å²) >= 11 is 6.84. The van der Waals surface area contributed by atoms with Crippen molar-refractivity contribution in [1.29, 1.82) is 0 Å². The molecule has 0 saturated heterocycles. The van der Waals surface area contributed by atoms with Crippen molar-refractivity contribution in [2.24, 2.45) is 5.10 Å². The molecule has 3 rings (SSSR count). The second-order valence-corrected chi connectivity index (χ2v) is 9.91. The second-order valence-electron chi connectivity index (χ2n) is 8.20. The molecule has 3 amide bonds. The summed E-state index contributed by atoms with van der Waals surface area (Å²) in [6.07, 6.45) is 1.35. The van der Waals surface area contributed by atoms with Crippen LogP contribution in [0.1, 0.15) is 22.3 Å². The fourth-order valence-corrected chi connectivity index (χ4v) is 4.02. The molecule has 3 aromatic rings. The molecule has 0 aliphatic carbocycles. The smallest absolute Gasteiger partial charge is 0.329 e. The topological polar surface area (TPSA) is 118 Å². The van der Waals surface area contributed by atoms with Crippen molar-refractivity contribution in [1.82, 2.24) is 10.7 Å². The highest BCUT2D eigenvalue weighted by Gasteiger charge is 2.15. The van der Waals surface area contributed by atoms with Gasteiger partial charge in [-0.2, -0.15) is 5.10 Å². The van der Waals surface area contributed by atoms with E-state index in [4.69, 9.17) is 9.47 Å². The number of benzene rings is 3. The molecule has 0 bridgehead atoms. The summed E-state index contributed by atoms with van der Waals surface area (Å²) in [5, 5.41) is 9.16. The highest BCUT2D eigenvalue weighted by molar-refractivity contribution is 9.10. The number of halogens is 2. The lowest BCUT2D eigenvalue weighted by Crippen LogP contribution is -2.37. The summed E-state index contributed by atoms with van der Waals surface area (Å²) in [6, 6.07) is 16.4. The summed E-state index contributed by atoms with van der Waals surface area (Å²) in [6.45, 7) is 3.87. The van der Waals surface area contributed by atoms with E-state index >= 15 is 0 Å². The molecule has 0 fully saturated rings. The van der Waals surface area contributed by atoms with Crippen LogP contribution in [-0.4, -0.2) is 37.7 Å². The quantitative estimate of drug-likeness (QED) is 0.178. The number of rotatable bonds is 9. The van der Waals surface area contributed by atoms with Gasteiger partial charge in [0.15, 0.2) is 18.1 Å². The Morgan fingerprint density at radius 3 is 2.37 bits per heavy atom. The molecule has 0 heterocycles. The number of hydrogen-bond donors (Lipinski definition) is 3. The number of anilines is 1. The predicted molar refractivity (Wildman–Crippen MR) is 152 cm³/mol. The van der Waals surface area contributed by atoms with Crippen LogP contribution in [0.25, 0.3) is 0 Å². The van der Waals surface area contributed by atoms with Gasteiger partial charge in [-0.05, 0) is 76.8 Å². The van der Waals surface area contributed by atoms with Crippen LogP contribution in [-0.2, 0) is 20.9 Å². The van der Waals surface area contributed by atoms with Gasteiger partial charge in [0.2, 0.25) is 0 Å². The SMILES string of the molecule is COc1cc(/C=N\NC(=O)C(=O)NCc2ccc(C)cc2)cc(Br)c1OCC(=O)Nc1ccc(Br)c(C)c1. The largest absolute Gasteiger partial charge is 0.493 e. The number of hydrogen-bond acceptors (Lipinski definition) is 6. The third kappa shape index (κ3) is 8.42. The minimum absolute atomic E-state index is 0.225. The number of methoxy groups -OCH3 is 1. The number of carbonyl (C=O) groups excluding carboxylic acids is 3. The van der Waals surface area contributed by atoms with E-state index in [1.807, 2.05) is 50.2 Å². The Balaban J connectivity index is 1.54. The molecule has 38 heavy (non-hydrogen) atoms. The Morgan fingerprint density at radius 1 is 0.947 bits per heavy atom. The van der Waals surface area contributed by atoms with E-state index in [0.717, 1.165) is 21.2 Å². The Hall–Kier alpha value is -3.70. The number of amides is 3. The second kappa shape index (κ2) is 13.7. The van der Waals surface area contributed by atoms with Gasteiger partial charge in [-0.3, -0.25) is 14.4 Å². The molecule has 3 N–H and O–H groups in total. The van der Waals surface area contributed by atoms with E-state index in [0.29, 0.717) is 27.2 Å². The maximum absolute atomic E-state index is 12.4. The minimum atomic E-state index is -0.897. The molecule has 3 aromatic carbocycles. The number of nitrogens with zero attached hydrogens (tertiary/aromatic N) is 1. The van der Waals surface area contributed by atoms with Crippen LogP contribution in [0.4, 0.5) is 5.69 Å². The average Bonchev–Trinajstić information content (AvgIpc) is 2.89. The van der Waals surface area contributed by atoms with Crippen LogP contribution >= 0.6 is 31.9 Å². The van der Waals surface area contributed by atoms with Gasteiger partial charge in [0.05, 0.1) is 17.8 Å². The van der Waals surface area contributed by atoms with Gasteiger partial charge in [-0.15, -0.1) is 0 Å². The Bertz CT molecular complexity index is 1360. The highest BCUT2D eigenvalue weighted by atomic mass is 79.9. The molecule has 11 heteroatoms. The van der Waals surface area contributed by atoms with Gasteiger partial charge in [0, 0.05) is 16.7 Å². The van der Waals surface area contributed by atoms with Crippen molar-refractivity contribution in [2.75, 3.05) is 19.0 Å². The molecular formula is C27H26Br2N4O5. The van der Waals surface area contributed by atoms with Crippen molar-refractivity contribution < 1.29 is 23.9 Å². The van der Waals surface area contributed by atoms with E-state index in [2.05, 4.69) is 53.0 Å². The maximum Gasteiger partial charge on any atom is 0.329 e. The lowest BCUT2D eigenvalue weighted by molar-refractivity contribution is -0.139. The molecule has 0 radical (unpaired) electrons. The van der Waals surface area contributed by atoms with Crippen molar-refractivity contribution in [3.63, 3.8) is 0 Å². The summed E-state index contributed by atoms with van der Waals surface area (Å²) in [7, 11) is 1.46. The average molecular weight is 646 g/mol. The van der Waals surface area contributed by atoms with Gasteiger partial charge in [0.25, 0.3) is 5.91 Å². The van der Waals surface area contributed by atoms with Gasteiger partial charge in [-0.25, -0.2) is 5.43 Å². The number of carbonyl (C=O) groups is 3. The minimum Gasteiger partial charge on any atom is -0.493 e. The lowest BCUT2D eigenvalue weighted by atomic mass is 10.1. The van der Waals surface area contributed by atoms with Crippen molar-refractivity contribution in [3.8, 4) is 11.5 Å². The first-order valence-electron chi connectivity index (χ1n) is 11.4. The number of ether oxygens (including phenoxy) is 2. The highest BCUT2D eigenvalue weighted by Crippen LogP contribution is 2.36. The lowest BCUT2D eigenvalue weighted by Gasteiger charge is -2.14. The number of hydrazone groups is 1. The fourth-order valence-electron chi connectivity index (χ4n) is 3.20. The predicted octanol–water partition coefficient (Wildman–Crippen LogP) is 4.62. The summed E-state index contributed by atoms with van der Waals surface area (Å²) in [4.78, 5) is 36.4. The zero-order valence-electron chi connectivity index (χ0n) is 20.9. The molecule has 0 atom stereocenters. The molecule has 0 aliphatic heterocycles. The molecule has 0 saturated carbocycles. The normalized spacial score (nSPS) is 10.7. The van der Waals surface area contributed by atoms with Gasteiger partial charge >= 0.3 is 11.8 Å².